The number of carboxylic acid groups (broad SMARTS) is 1. The summed E-state index contributed by atoms with van der Waals surface area (Å²) in [4.78, 5) is 60.0. The van der Waals surface area contributed by atoms with Crippen LogP contribution in [0, 0.1) is 0 Å². The van der Waals surface area contributed by atoms with Crippen molar-refractivity contribution in [2.45, 2.75) is 56.8 Å². The van der Waals surface area contributed by atoms with E-state index in [9.17, 15) is 24.3 Å². The number of likely N-dealkylation sites (tertiary alicyclic amines) is 1. The van der Waals surface area contributed by atoms with Gasteiger partial charge >= 0.3 is 5.69 Å². The van der Waals surface area contributed by atoms with Crippen molar-refractivity contribution in [2.75, 3.05) is 19.7 Å². The summed E-state index contributed by atoms with van der Waals surface area (Å²) in [6.07, 6.45) is 2.94. The van der Waals surface area contributed by atoms with Gasteiger partial charge in [0.15, 0.2) is 0 Å². The largest absolute Gasteiger partial charge is 0.483 e. The quantitative estimate of drug-likeness (QED) is 0.413. The van der Waals surface area contributed by atoms with E-state index in [2.05, 4.69) is 10.3 Å². The molecule has 0 radical (unpaired) electrons. The van der Waals surface area contributed by atoms with Crippen LogP contribution in [-0.4, -0.2) is 79.9 Å². The van der Waals surface area contributed by atoms with Crippen molar-refractivity contribution in [3.63, 3.8) is 0 Å². The second-order valence-corrected chi connectivity index (χ2v) is 8.31. The highest BCUT2D eigenvalue weighted by molar-refractivity contribution is 5.93. The van der Waals surface area contributed by atoms with E-state index < -0.39 is 34.4 Å². The van der Waals surface area contributed by atoms with Crippen molar-refractivity contribution in [1.82, 2.24) is 19.8 Å². The molecule has 3 heterocycles. The summed E-state index contributed by atoms with van der Waals surface area (Å²) in [5.74, 6) is -0.579. The molecule has 2 aliphatic rings. The number of hydrogen-bond acceptors (Lipinski definition) is 7. The van der Waals surface area contributed by atoms with Crippen LogP contribution in [0.2, 0.25) is 0 Å². The number of amides is 2. The SMILES string of the molecule is CCC(=O)N[C@H]1COC2(CCN(C(=O)c3cn(C)c(=O)[nH]c3=O)CC2)C[C@]1(C)O.O=CO. The van der Waals surface area contributed by atoms with Crippen molar-refractivity contribution < 1.29 is 29.3 Å². The van der Waals surface area contributed by atoms with Crippen LogP contribution in [0.1, 0.15) is 49.9 Å². The molecule has 1 aromatic heterocycles. The number of carbonyl (C=O) groups excluding carboxylic acids is 2. The number of nitrogens with one attached hydrogen (secondary N) is 2. The predicted octanol–water partition coefficient (Wildman–Crippen LogP) is -1.18. The number of aromatic amines is 1. The number of nitrogens with zero attached hydrogens (tertiary/aromatic N) is 2. The van der Waals surface area contributed by atoms with Crippen molar-refractivity contribution in [2.24, 2.45) is 7.05 Å². The van der Waals surface area contributed by atoms with Crippen LogP contribution in [0.3, 0.4) is 0 Å². The standard InChI is InChI=1S/C19H28N4O6.CH2O2/c1-4-14(24)20-13-10-29-19(11-18(13,2)28)5-7-23(8-6-19)16(26)12-9-22(3)17(27)21-15(12)25;2-1-3/h9,13,28H,4-8,10-11H2,1-3H3,(H,20,24)(H,21,25,27);1H,(H,2,3)/t13-,18-;/m0./s1. The molecule has 4 N–H and O–H groups in total. The summed E-state index contributed by atoms with van der Waals surface area (Å²) in [6.45, 7) is 4.12. The molecule has 178 valence electrons. The third kappa shape index (κ3) is 5.62. The molecule has 1 aromatic rings. The van der Waals surface area contributed by atoms with Gasteiger partial charge in [0.2, 0.25) is 5.91 Å². The van der Waals surface area contributed by atoms with E-state index in [0.29, 0.717) is 38.8 Å². The number of aliphatic hydroxyl groups is 1. The van der Waals surface area contributed by atoms with Gasteiger partial charge in [-0.1, -0.05) is 6.92 Å². The van der Waals surface area contributed by atoms with Crippen LogP contribution in [0.15, 0.2) is 15.8 Å². The number of carbonyl (C=O) groups is 3. The third-order valence-electron chi connectivity index (χ3n) is 5.94. The Bertz CT molecular complexity index is 959. The van der Waals surface area contributed by atoms with Crippen molar-refractivity contribution in [3.05, 3.63) is 32.6 Å². The van der Waals surface area contributed by atoms with Gasteiger partial charge in [-0.25, -0.2) is 4.79 Å². The molecule has 0 aromatic carbocycles. The first kappa shape index (κ1) is 25.3. The second kappa shape index (κ2) is 10.1. The molecule has 12 nitrogen and oxygen atoms in total. The minimum atomic E-state index is -1.12. The molecule has 1 spiro atoms. The maximum absolute atomic E-state index is 12.7. The number of aromatic nitrogens is 2. The minimum absolute atomic E-state index is 0.0815. The number of rotatable bonds is 3. The van der Waals surface area contributed by atoms with E-state index in [0.717, 1.165) is 4.57 Å². The van der Waals surface area contributed by atoms with E-state index in [4.69, 9.17) is 14.6 Å². The summed E-state index contributed by atoms with van der Waals surface area (Å²) in [6, 6.07) is -0.482. The first-order valence-corrected chi connectivity index (χ1v) is 10.3. The zero-order valence-electron chi connectivity index (χ0n) is 18.4. The summed E-state index contributed by atoms with van der Waals surface area (Å²) in [7, 11) is 1.46. The van der Waals surface area contributed by atoms with E-state index in [1.807, 2.05) is 0 Å². The van der Waals surface area contributed by atoms with Crippen LogP contribution in [0.4, 0.5) is 0 Å². The summed E-state index contributed by atoms with van der Waals surface area (Å²) >= 11 is 0. The van der Waals surface area contributed by atoms with Gasteiger partial charge < -0.3 is 29.7 Å². The first-order chi connectivity index (χ1) is 15.0. The van der Waals surface area contributed by atoms with E-state index in [-0.39, 0.29) is 24.5 Å². The fourth-order valence-electron chi connectivity index (χ4n) is 4.08. The van der Waals surface area contributed by atoms with Gasteiger partial charge in [0.25, 0.3) is 17.9 Å². The van der Waals surface area contributed by atoms with Crippen molar-refractivity contribution >= 4 is 18.3 Å². The third-order valence-corrected chi connectivity index (χ3v) is 5.94. The molecule has 0 unspecified atom stereocenters. The molecule has 2 aliphatic heterocycles. The van der Waals surface area contributed by atoms with Gasteiger partial charge in [0.05, 0.1) is 23.9 Å². The first-order valence-electron chi connectivity index (χ1n) is 10.3. The van der Waals surface area contributed by atoms with Crippen molar-refractivity contribution in [3.8, 4) is 0 Å². The van der Waals surface area contributed by atoms with Gasteiger partial charge in [-0.2, -0.15) is 0 Å². The van der Waals surface area contributed by atoms with Gasteiger partial charge in [0, 0.05) is 39.2 Å². The van der Waals surface area contributed by atoms with Gasteiger partial charge in [0.1, 0.15) is 5.56 Å². The molecule has 0 aliphatic carbocycles. The molecule has 2 amide bonds. The molecule has 12 heteroatoms. The lowest BCUT2D eigenvalue weighted by molar-refractivity contribution is -0.187. The van der Waals surface area contributed by atoms with Crippen LogP contribution in [-0.2, 0) is 21.4 Å². The molecular formula is C20H30N4O8. The number of piperidine rings is 1. The number of ether oxygens (including phenoxy) is 1. The lowest BCUT2D eigenvalue weighted by Crippen LogP contribution is -2.64. The van der Waals surface area contributed by atoms with Gasteiger partial charge in [-0.3, -0.25) is 24.2 Å². The molecule has 3 rings (SSSR count). The van der Waals surface area contributed by atoms with E-state index in [1.54, 1.807) is 18.7 Å². The molecule has 2 saturated heterocycles. The zero-order chi connectivity index (χ0) is 24.1. The average Bonchev–Trinajstić information content (AvgIpc) is 2.73. The maximum atomic E-state index is 12.7. The monoisotopic (exact) mass is 454 g/mol. The molecule has 2 atom stereocenters. The lowest BCUT2D eigenvalue weighted by Gasteiger charge is -2.51. The smallest absolute Gasteiger partial charge is 0.328 e. The Morgan fingerprint density at radius 3 is 2.47 bits per heavy atom. The Morgan fingerprint density at radius 1 is 1.34 bits per heavy atom. The second-order valence-electron chi connectivity index (χ2n) is 8.31. The van der Waals surface area contributed by atoms with Gasteiger partial charge in [-0.05, 0) is 19.8 Å². The predicted molar refractivity (Wildman–Crippen MR) is 112 cm³/mol. The minimum Gasteiger partial charge on any atom is -0.483 e. The topological polar surface area (TPSA) is 171 Å². The highest BCUT2D eigenvalue weighted by atomic mass is 16.5. The Labute approximate surface area is 184 Å². The van der Waals surface area contributed by atoms with Gasteiger partial charge in [-0.15, -0.1) is 0 Å². The number of hydrogen-bond donors (Lipinski definition) is 4. The average molecular weight is 454 g/mol. The summed E-state index contributed by atoms with van der Waals surface area (Å²) < 4.78 is 7.23. The fourth-order valence-corrected chi connectivity index (χ4v) is 4.08. The summed E-state index contributed by atoms with van der Waals surface area (Å²) in [5, 5.41) is 20.6. The fraction of sp³-hybridized carbons (Fsp3) is 0.650. The Hall–Kier alpha value is -2.99. The summed E-state index contributed by atoms with van der Waals surface area (Å²) in [5.41, 5.74) is -3.06. The molecule has 0 saturated carbocycles. The normalized spacial score (nSPS) is 24.2. The van der Waals surface area contributed by atoms with Crippen LogP contribution >= 0.6 is 0 Å². The Balaban J connectivity index is 0.00000114. The number of aryl methyl sites for hydroxylation is 1. The van der Waals surface area contributed by atoms with E-state index >= 15 is 0 Å². The zero-order valence-corrected chi connectivity index (χ0v) is 18.4. The van der Waals surface area contributed by atoms with E-state index in [1.165, 1.54) is 13.2 Å². The van der Waals surface area contributed by atoms with Crippen molar-refractivity contribution in [1.29, 1.82) is 0 Å². The van der Waals surface area contributed by atoms with Crippen LogP contribution < -0.4 is 16.6 Å². The highest BCUT2D eigenvalue weighted by Crippen LogP contribution is 2.39. The molecule has 0 bridgehead atoms. The van der Waals surface area contributed by atoms with Crippen LogP contribution in [0.5, 0.6) is 0 Å². The molecule has 2 fully saturated rings. The number of H-pyrrole nitrogens is 1. The highest BCUT2D eigenvalue weighted by Gasteiger charge is 2.49. The van der Waals surface area contributed by atoms with Crippen LogP contribution in [0.25, 0.3) is 0 Å². The molecular weight excluding hydrogens is 424 g/mol. The Kier molecular flexibility index (Phi) is 7.97. The lowest BCUT2D eigenvalue weighted by atomic mass is 9.75. The molecule has 32 heavy (non-hydrogen) atoms. The maximum Gasteiger partial charge on any atom is 0.328 e. The Morgan fingerprint density at radius 2 is 1.94 bits per heavy atom.